The second-order valence-corrected chi connectivity index (χ2v) is 5.02. The predicted octanol–water partition coefficient (Wildman–Crippen LogP) is 2.20. The molecule has 0 aliphatic heterocycles. The monoisotopic (exact) mass is 350 g/mol. The molecule has 1 aromatic heterocycles. The minimum atomic E-state index is -4.97. The Morgan fingerprint density at radius 1 is 1.17 bits per heavy atom. The zero-order valence-electron chi connectivity index (χ0n) is 11.0. The maximum Gasteiger partial charge on any atom is 0.416 e. The number of nitrogens with zero attached hydrogens (tertiary/aromatic N) is 6. The number of hydrogen-bond acceptors (Lipinski definition) is 8. The molecule has 0 radical (unpaired) electrons. The standard InChI is InChI=1S/C9H5F3N6O4S/c1-16-8(13-14-15-16)23-7-5(17(19)20)2-4(9(10,11)12)3-6(7)18(21)22/h2-3H,1H3. The minimum Gasteiger partial charge on any atom is -0.258 e. The molecule has 122 valence electrons. The third kappa shape index (κ3) is 3.36. The van der Waals surface area contributed by atoms with Crippen LogP contribution in [0.25, 0.3) is 0 Å². The fourth-order valence-corrected chi connectivity index (χ4v) is 2.44. The van der Waals surface area contributed by atoms with Crippen LogP contribution in [0.3, 0.4) is 0 Å². The maximum atomic E-state index is 12.8. The normalized spacial score (nSPS) is 11.5. The number of halogens is 3. The van der Waals surface area contributed by atoms with Gasteiger partial charge >= 0.3 is 6.18 Å². The van der Waals surface area contributed by atoms with Crippen LogP contribution < -0.4 is 0 Å². The molecular weight excluding hydrogens is 345 g/mol. The number of aromatic nitrogens is 4. The van der Waals surface area contributed by atoms with Crippen molar-refractivity contribution < 1.29 is 23.0 Å². The number of tetrazole rings is 1. The highest BCUT2D eigenvalue weighted by atomic mass is 32.2. The van der Waals surface area contributed by atoms with Gasteiger partial charge in [0.05, 0.1) is 15.4 Å². The fourth-order valence-electron chi connectivity index (χ4n) is 1.54. The first-order chi connectivity index (χ1) is 10.6. The van der Waals surface area contributed by atoms with Gasteiger partial charge in [0.2, 0.25) is 5.16 Å². The molecule has 0 atom stereocenters. The van der Waals surface area contributed by atoms with Gasteiger partial charge in [-0.2, -0.15) is 13.2 Å². The summed E-state index contributed by atoms with van der Waals surface area (Å²) in [7, 11) is 1.37. The van der Waals surface area contributed by atoms with Crippen LogP contribution in [0, 0.1) is 20.2 Å². The lowest BCUT2D eigenvalue weighted by Crippen LogP contribution is -2.08. The van der Waals surface area contributed by atoms with Crippen LogP contribution in [0.5, 0.6) is 0 Å². The summed E-state index contributed by atoms with van der Waals surface area (Å²) in [5, 5.41) is 32.2. The average Bonchev–Trinajstić information content (AvgIpc) is 2.82. The van der Waals surface area contributed by atoms with E-state index in [0.717, 1.165) is 4.68 Å². The van der Waals surface area contributed by atoms with E-state index < -0.39 is 37.9 Å². The summed E-state index contributed by atoms with van der Waals surface area (Å²) in [5.41, 5.74) is -3.60. The molecule has 0 aliphatic rings. The molecule has 2 rings (SSSR count). The number of hydrogen-bond donors (Lipinski definition) is 0. The van der Waals surface area contributed by atoms with Crippen molar-refractivity contribution in [1.29, 1.82) is 0 Å². The third-order valence-electron chi connectivity index (χ3n) is 2.55. The topological polar surface area (TPSA) is 130 Å². The van der Waals surface area contributed by atoms with Gasteiger partial charge in [0, 0.05) is 19.2 Å². The van der Waals surface area contributed by atoms with Crippen LogP contribution in [0.15, 0.2) is 22.2 Å². The minimum absolute atomic E-state index is 0.0593. The number of alkyl halides is 3. The summed E-state index contributed by atoms with van der Waals surface area (Å²) in [4.78, 5) is 19.2. The Hall–Kier alpha value is -2.77. The molecule has 0 unspecified atom stereocenters. The lowest BCUT2D eigenvalue weighted by molar-refractivity contribution is -0.400. The molecule has 0 amide bonds. The smallest absolute Gasteiger partial charge is 0.258 e. The van der Waals surface area contributed by atoms with Crippen molar-refractivity contribution in [3.05, 3.63) is 37.9 Å². The average molecular weight is 350 g/mol. The summed E-state index contributed by atoms with van der Waals surface area (Å²) >= 11 is 0.426. The van der Waals surface area contributed by atoms with E-state index in [2.05, 4.69) is 15.5 Å². The zero-order valence-corrected chi connectivity index (χ0v) is 11.8. The van der Waals surface area contributed by atoms with E-state index in [4.69, 9.17) is 0 Å². The highest BCUT2D eigenvalue weighted by Crippen LogP contribution is 2.44. The van der Waals surface area contributed by atoms with Gasteiger partial charge in [0.15, 0.2) is 4.90 Å². The van der Waals surface area contributed by atoms with E-state index in [-0.39, 0.29) is 17.3 Å². The van der Waals surface area contributed by atoms with Crippen molar-refractivity contribution in [2.24, 2.45) is 7.05 Å². The van der Waals surface area contributed by atoms with Crippen molar-refractivity contribution in [2.45, 2.75) is 16.2 Å². The SMILES string of the molecule is Cn1nnnc1Sc1c([N+](=O)[O-])cc(C(F)(F)F)cc1[N+](=O)[O-]. The third-order valence-corrected chi connectivity index (χ3v) is 3.70. The van der Waals surface area contributed by atoms with Crippen LogP contribution in [-0.2, 0) is 13.2 Å². The Morgan fingerprint density at radius 3 is 2.04 bits per heavy atom. The van der Waals surface area contributed by atoms with E-state index in [0.29, 0.717) is 11.8 Å². The van der Waals surface area contributed by atoms with E-state index in [1.807, 2.05) is 0 Å². The van der Waals surface area contributed by atoms with Crippen LogP contribution >= 0.6 is 11.8 Å². The van der Waals surface area contributed by atoms with Crippen LogP contribution in [0.2, 0.25) is 0 Å². The number of aryl methyl sites for hydroxylation is 1. The van der Waals surface area contributed by atoms with Gasteiger partial charge in [-0.1, -0.05) is 0 Å². The van der Waals surface area contributed by atoms with Crippen molar-refractivity contribution in [2.75, 3.05) is 0 Å². The summed E-state index contributed by atoms with van der Waals surface area (Å²) in [6.07, 6.45) is -4.97. The highest BCUT2D eigenvalue weighted by molar-refractivity contribution is 7.99. The molecular formula is C9H5F3N6O4S. The van der Waals surface area contributed by atoms with E-state index >= 15 is 0 Å². The summed E-state index contributed by atoms with van der Waals surface area (Å²) < 4.78 is 39.3. The molecule has 0 fully saturated rings. The zero-order chi connectivity index (χ0) is 17.4. The van der Waals surface area contributed by atoms with Gasteiger partial charge in [-0.05, 0) is 22.2 Å². The lowest BCUT2D eigenvalue weighted by Gasteiger charge is -2.09. The van der Waals surface area contributed by atoms with Gasteiger partial charge in [-0.3, -0.25) is 20.2 Å². The van der Waals surface area contributed by atoms with E-state index in [1.165, 1.54) is 7.05 Å². The quantitative estimate of drug-likeness (QED) is 0.606. The Bertz CT molecular complexity index is 757. The Labute approximate surface area is 128 Å². The molecule has 0 spiro atoms. The lowest BCUT2D eigenvalue weighted by atomic mass is 10.1. The van der Waals surface area contributed by atoms with Crippen LogP contribution in [0.4, 0.5) is 24.5 Å². The Kier molecular flexibility index (Phi) is 4.18. The number of nitro groups is 2. The van der Waals surface area contributed by atoms with Gasteiger partial charge in [-0.15, -0.1) is 5.10 Å². The van der Waals surface area contributed by atoms with Crippen molar-refractivity contribution in [3.8, 4) is 0 Å². The largest absolute Gasteiger partial charge is 0.416 e. The maximum absolute atomic E-state index is 12.8. The molecule has 14 heteroatoms. The predicted molar refractivity (Wildman–Crippen MR) is 67.7 cm³/mol. The fraction of sp³-hybridized carbons (Fsp3) is 0.222. The van der Waals surface area contributed by atoms with Crippen molar-refractivity contribution >= 4 is 23.1 Å². The number of rotatable bonds is 4. The molecule has 0 N–H and O–H groups in total. The van der Waals surface area contributed by atoms with Gasteiger partial charge in [-0.25, -0.2) is 4.68 Å². The molecule has 0 saturated carbocycles. The molecule has 1 aromatic carbocycles. The first kappa shape index (κ1) is 16.6. The summed E-state index contributed by atoms with van der Waals surface area (Å²) in [6.45, 7) is 0. The summed E-state index contributed by atoms with van der Waals surface area (Å²) in [6, 6.07) is 0.470. The number of benzene rings is 1. The van der Waals surface area contributed by atoms with E-state index in [1.54, 1.807) is 0 Å². The highest BCUT2D eigenvalue weighted by Gasteiger charge is 2.38. The first-order valence-corrected chi connectivity index (χ1v) is 6.37. The molecule has 0 bridgehead atoms. The van der Waals surface area contributed by atoms with Gasteiger partial charge in [0.25, 0.3) is 11.4 Å². The Balaban J connectivity index is 2.70. The molecule has 10 nitrogen and oxygen atoms in total. The molecule has 23 heavy (non-hydrogen) atoms. The Morgan fingerprint density at radius 2 is 1.70 bits per heavy atom. The molecule has 0 saturated heterocycles. The van der Waals surface area contributed by atoms with Crippen molar-refractivity contribution in [3.63, 3.8) is 0 Å². The second kappa shape index (κ2) is 5.79. The molecule has 1 heterocycles. The van der Waals surface area contributed by atoms with Crippen LogP contribution in [-0.4, -0.2) is 30.1 Å². The van der Waals surface area contributed by atoms with Gasteiger partial charge < -0.3 is 0 Å². The van der Waals surface area contributed by atoms with Gasteiger partial charge in [0.1, 0.15) is 0 Å². The first-order valence-electron chi connectivity index (χ1n) is 5.55. The molecule has 2 aromatic rings. The molecule has 0 aliphatic carbocycles. The summed E-state index contributed by atoms with van der Waals surface area (Å²) in [5.74, 6) is 0. The number of nitro benzene ring substituents is 2. The van der Waals surface area contributed by atoms with Crippen LogP contribution in [0.1, 0.15) is 5.56 Å². The second-order valence-electron chi connectivity index (χ2n) is 4.04. The van der Waals surface area contributed by atoms with E-state index in [9.17, 15) is 33.4 Å². The van der Waals surface area contributed by atoms with Crippen molar-refractivity contribution in [1.82, 2.24) is 20.2 Å².